The molecular formula is C18H16FN3O5S. The summed E-state index contributed by atoms with van der Waals surface area (Å²) < 4.78 is 42.9. The fourth-order valence-corrected chi connectivity index (χ4v) is 3.07. The van der Waals surface area contributed by atoms with E-state index in [1.54, 1.807) is 12.1 Å². The molecule has 1 heterocycles. The Morgan fingerprint density at radius 2 is 1.96 bits per heavy atom. The van der Waals surface area contributed by atoms with Gasteiger partial charge in [-0.3, -0.25) is 4.79 Å². The monoisotopic (exact) mass is 405 g/mol. The average Bonchev–Trinajstić information content (AvgIpc) is 3.09. The zero-order chi connectivity index (χ0) is 20.3. The van der Waals surface area contributed by atoms with Crippen LogP contribution in [0, 0.1) is 17.7 Å². The molecule has 8 nitrogen and oxygen atoms in total. The van der Waals surface area contributed by atoms with Crippen molar-refractivity contribution in [3.8, 4) is 17.6 Å². The summed E-state index contributed by atoms with van der Waals surface area (Å²) in [5, 5.41) is 9.06. The van der Waals surface area contributed by atoms with E-state index in [1.165, 1.54) is 24.3 Å². The number of hydrogen-bond donors (Lipinski definition) is 4. The molecule has 0 saturated carbocycles. The molecule has 1 fully saturated rings. The Balaban J connectivity index is 1.77. The van der Waals surface area contributed by atoms with Gasteiger partial charge >= 0.3 is 5.97 Å². The number of carboxylic acids is 1. The number of carboxylic acid groups (broad SMARTS) is 1. The summed E-state index contributed by atoms with van der Waals surface area (Å²) in [7, 11) is -3.36. The number of ether oxygens (including phenoxy) is 1. The topological polar surface area (TPSA) is 117 Å². The van der Waals surface area contributed by atoms with Crippen LogP contribution in [0.15, 0.2) is 47.4 Å². The van der Waals surface area contributed by atoms with Crippen LogP contribution in [0.2, 0.25) is 0 Å². The highest BCUT2D eigenvalue weighted by molar-refractivity contribution is 7.90. The van der Waals surface area contributed by atoms with Crippen LogP contribution in [-0.2, 0) is 14.6 Å². The molecule has 2 aromatic rings. The summed E-state index contributed by atoms with van der Waals surface area (Å²) in [6.45, 7) is 0. The fraction of sp³-hybridized carbons (Fsp3) is 0.167. The lowest BCUT2D eigenvalue weighted by atomic mass is 10.1. The third-order valence-corrected chi connectivity index (χ3v) is 4.93. The van der Waals surface area contributed by atoms with Crippen LogP contribution >= 0.6 is 0 Å². The van der Waals surface area contributed by atoms with Gasteiger partial charge in [-0.15, -0.1) is 0 Å². The highest BCUT2D eigenvalue weighted by atomic mass is 32.2. The van der Waals surface area contributed by atoms with Gasteiger partial charge in [-0.1, -0.05) is 17.9 Å². The Morgan fingerprint density at radius 3 is 2.64 bits per heavy atom. The first kappa shape index (κ1) is 19.8. The number of carbonyl (C=O) groups is 1. The van der Waals surface area contributed by atoms with Crippen molar-refractivity contribution in [2.75, 3.05) is 6.26 Å². The number of aliphatic carboxylic acids is 1. The summed E-state index contributed by atoms with van der Waals surface area (Å²) in [5.41, 5.74) is 7.99. The van der Waals surface area contributed by atoms with E-state index in [2.05, 4.69) is 28.2 Å². The number of hydrogen-bond acceptors (Lipinski definition) is 7. The van der Waals surface area contributed by atoms with E-state index in [-0.39, 0.29) is 16.2 Å². The maximum Gasteiger partial charge on any atom is 0.327 e. The van der Waals surface area contributed by atoms with Crippen LogP contribution in [0.25, 0.3) is 0 Å². The molecule has 0 radical (unpaired) electrons. The van der Waals surface area contributed by atoms with Crippen molar-refractivity contribution in [1.29, 1.82) is 0 Å². The molecule has 1 aliphatic rings. The van der Waals surface area contributed by atoms with Crippen LogP contribution < -0.4 is 21.1 Å². The zero-order valence-corrected chi connectivity index (χ0v) is 15.4. The van der Waals surface area contributed by atoms with Crippen molar-refractivity contribution in [2.24, 2.45) is 0 Å². The van der Waals surface area contributed by atoms with Crippen LogP contribution in [0.4, 0.5) is 4.39 Å². The van der Waals surface area contributed by atoms with E-state index in [9.17, 15) is 17.6 Å². The van der Waals surface area contributed by atoms with Gasteiger partial charge in [-0.25, -0.2) is 23.7 Å². The summed E-state index contributed by atoms with van der Waals surface area (Å²) >= 11 is 0. The van der Waals surface area contributed by atoms with E-state index >= 15 is 0 Å². The minimum atomic E-state index is -3.36. The van der Waals surface area contributed by atoms with Gasteiger partial charge in [0.05, 0.1) is 10.5 Å². The van der Waals surface area contributed by atoms with Gasteiger partial charge in [0.1, 0.15) is 11.6 Å². The SMILES string of the molecule is CS(=O)(=O)c1cccc(C#Cc2ccc(OC3NNNC3C(=O)O)cc2F)c1. The van der Waals surface area contributed by atoms with Crippen LogP contribution in [0.3, 0.4) is 0 Å². The minimum absolute atomic E-state index is 0.0857. The fourth-order valence-electron chi connectivity index (χ4n) is 2.40. The number of halogens is 1. The summed E-state index contributed by atoms with van der Waals surface area (Å²) in [5.74, 6) is 3.70. The summed E-state index contributed by atoms with van der Waals surface area (Å²) in [4.78, 5) is 11.2. The van der Waals surface area contributed by atoms with Crippen LogP contribution in [0.5, 0.6) is 5.75 Å². The first-order chi connectivity index (χ1) is 13.2. The van der Waals surface area contributed by atoms with E-state index in [0.29, 0.717) is 5.56 Å². The average molecular weight is 405 g/mol. The Hall–Kier alpha value is -2.97. The minimum Gasteiger partial charge on any atom is -0.480 e. The van der Waals surface area contributed by atoms with E-state index in [4.69, 9.17) is 9.84 Å². The number of hydrazine groups is 2. The second-order valence-electron chi connectivity index (χ2n) is 5.96. The van der Waals surface area contributed by atoms with Crippen molar-refractivity contribution in [3.05, 3.63) is 59.4 Å². The number of sulfone groups is 1. The highest BCUT2D eigenvalue weighted by Crippen LogP contribution is 2.18. The van der Waals surface area contributed by atoms with Gasteiger partial charge in [0, 0.05) is 17.9 Å². The third-order valence-electron chi connectivity index (χ3n) is 3.82. The van der Waals surface area contributed by atoms with Crippen LogP contribution in [0.1, 0.15) is 11.1 Å². The van der Waals surface area contributed by atoms with Crippen molar-refractivity contribution in [1.82, 2.24) is 16.4 Å². The van der Waals surface area contributed by atoms with E-state index in [0.717, 1.165) is 12.3 Å². The predicted octanol–water partition coefficient (Wildman–Crippen LogP) is 0.399. The molecule has 0 bridgehead atoms. The standard InChI is InChI=1S/C18H16FN3O5S/c1-28(25,26)14-4-2-3-11(9-14)5-6-12-7-8-13(10-15(12)19)27-17-16(18(23)24)20-22-21-17/h2-4,7-10,16-17,20-22H,1H3,(H,23,24). The highest BCUT2D eigenvalue weighted by Gasteiger charge is 2.34. The molecule has 1 aliphatic heterocycles. The van der Waals surface area contributed by atoms with Gasteiger partial charge in [-0.05, 0) is 30.3 Å². The maximum absolute atomic E-state index is 14.3. The molecular weight excluding hydrogens is 389 g/mol. The van der Waals surface area contributed by atoms with Crippen molar-refractivity contribution >= 4 is 15.8 Å². The van der Waals surface area contributed by atoms with E-state index in [1.807, 2.05) is 0 Å². The molecule has 3 rings (SSSR count). The Kier molecular flexibility index (Phi) is 5.62. The molecule has 4 N–H and O–H groups in total. The lowest BCUT2D eigenvalue weighted by molar-refractivity contribution is -0.141. The molecule has 0 spiro atoms. The summed E-state index contributed by atoms with van der Waals surface area (Å²) in [6.07, 6.45) is 0.157. The lowest BCUT2D eigenvalue weighted by Gasteiger charge is -2.16. The predicted molar refractivity (Wildman–Crippen MR) is 97.2 cm³/mol. The molecule has 0 aromatic heterocycles. The van der Waals surface area contributed by atoms with Crippen molar-refractivity contribution in [3.63, 3.8) is 0 Å². The molecule has 2 unspecified atom stereocenters. The maximum atomic E-state index is 14.3. The van der Waals surface area contributed by atoms with Gasteiger partial charge in [0.25, 0.3) is 0 Å². The van der Waals surface area contributed by atoms with Crippen molar-refractivity contribution in [2.45, 2.75) is 17.2 Å². The molecule has 2 atom stereocenters. The second-order valence-corrected chi connectivity index (χ2v) is 7.98. The third kappa shape index (κ3) is 4.65. The number of rotatable bonds is 4. The molecule has 1 saturated heterocycles. The second kappa shape index (κ2) is 7.95. The number of nitrogens with one attached hydrogen (secondary N) is 3. The van der Waals surface area contributed by atoms with Crippen molar-refractivity contribution < 1.29 is 27.4 Å². The van der Waals surface area contributed by atoms with Gasteiger partial charge in [-0.2, -0.15) is 5.53 Å². The zero-order valence-electron chi connectivity index (χ0n) is 14.6. The molecule has 0 aliphatic carbocycles. The molecule has 28 heavy (non-hydrogen) atoms. The lowest BCUT2D eigenvalue weighted by Crippen LogP contribution is -2.44. The van der Waals surface area contributed by atoms with Gasteiger partial charge < -0.3 is 9.84 Å². The number of benzene rings is 2. The molecule has 10 heteroatoms. The Morgan fingerprint density at radius 1 is 1.18 bits per heavy atom. The smallest absolute Gasteiger partial charge is 0.327 e. The normalized spacial score (nSPS) is 18.9. The Bertz CT molecular complexity index is 1080. The molecule has 146 valence electrons. The van der Waals surface area contributed by atoms with Crippen LogP contribution in [-0.4, -0.2) is 38.0 Å². The van der Waals surface area contributed by atoms with Gasteiger partial charge in [0.15, 0.2) is 22.1 Å². The van der Waals surface area contributed by atoms with Gasteiger partial charge in [0.2, 0.25) is 0 Å². The molecule has 0 amide bonds. The Labute approximate surface area is 160 Å². The van der Waals surface area contributed by atoms with E-state index < -0.39 is 33.9 Å². The quantitative estimate of drug-likeness (QED) is 0.540. The summed E-state index contributed by atoms with van der Waals surface area (Å²) in [6, 6.07) is 8.94. The first-order valence-electron chi connectivity index (χ1n) is 8.01. The largest absolute Gasteiger partial charge is 0.480 e. The molecule has 2 aromatic carbocycles. The first-order valence-corrected chi connectivity index (χ1v) is 9.90.